The van der Waals surface area contributed by atoms with Gasteiger partial charge in [-0.15, -0.1) is 0 Å². The number of nitrogens with zero attached hydrogens (tertiary/aromatic N) is 3. The molecule has 0 spiro atoms. The van der Waals surface area contributed by atoms with Crippen LogP contribution in [0.3, 0.4) is 0 Å². The van der Waals surface area contributed by atoms with E-state index in [2.05, 4.69) is 14.6 Å². The zero-order valence-electron chi connectivity index (χ0n) is 14.6. The number of rotatable bonds is 3. The van der Waals surface area contributed by atoms with Gasteiger partial charge in [0.2, 0.25) is 0 Å². The van der Waals surface area contributed by atoms with Crippen LogP contribution in [0.25, 0.3) is 0 Å². The summed E-state index contributed by atoms with van der Waals surface area (Å²) in [6.45, 7) is 2.01. The van der Waals surface area contributed by atoms with E-state index in [1.165, 1.54) is 29.0 Å². The summed E-state index contributed by atoms with van der Waals surface area (Å²) in [5.74, 6) is 0.607. The van der Waals surface area contributed by atoms with Gasteiger partial charge >= 0.3 is 6.18 Å². The molecule has 0 bridgehead atoms. The fraction of sp³-hybridized carbons (Fsp3) is 0.611. The van der Waals surface area contributed by atoms with Gasteiger partial charge in [-0.2, -0.15) is 13.2 Å². The van der Waals surface area contributed by atoms with Crippen LogP contribution in [0.4, 0.5) is 28.9 Å². The maximum absolute atomic E-state index is 14.2. The highest BCUT2D eigenvalue weighted by molar-refractivity contribution is 7.98. The zero-order valence-corrected chi connectivity index (χ0v) is 15.4. The van der Waals surface area contributed by atoms with E-state index in [0.29, 0.717) is 22.9 Å². The Hall–Kier alpha value is -1.48. The summed E-state index contributed by atoms with van der Waals surface area (Å²) in [5.41, 5.74) is 0.741. The third-order valence-electron chi connectivity index (χ3n) is 5.74. The minimum Gasteiger partial charge on any atom is -0.358 e. The molecular weight excluding hydrogens is 380 g/mol. The number of alkyl halides is 3. The molecule has 3 aliphatic heterocycles. The highest BCUT2D eigenvalue weighted by Crippen LogP contribution is 2.47. The van der Waals surface area contributed by atoms with Crippen LogP contribution in [-0.2, 0) is 0 Å². The molecule has 0 amide bonds. The van der Waals surface area contributed by atoms with Gasteiger partial charge in [0.15, 0.2) is 0 Å². The van der Waals surface area contributed by atoms with E-state index in [1.54, 1.807) is 0 Å². The van der Waals surface area contributed by atoms with Crippen LogP contribution in [0.5, 0.6) is 0 Å². The second-order valence-corrected chi connectivity index (χ2v) is 8.56. The summed E-state index contributed by atoms with van der Waals surface area (Å²) in [7, 11) is 0. The van der Waals surface area contributed by atoms with Gasteiger partial charge < -0.3 is 9.62 Å². The first-order valence-corrected chi connectivity index (χ1v) is 10.1. The van der Waals surface area contributed by atoms with E-state index >= 15 is 0 Å². The molecule has 2 atom stereocenters. The Morgan fingerprint density at radius 1 is 1.11 bits per heavy atom. The Bertz CT molecular complexity index is 788. The largest absolute Gasteiger partial charge is 0.408 e. The van der Waals surface area contributed by atoms with Crippen molar-refractivity contribution in [3.8, 4) is 0 Å². The Morgan fingerprint density at radius 2 is 1.89 bits per heavy atom. The Balaban J connectivity index is 1.54. The number of hydrogen-bond donors (Lipinski definition) is 1. The van der Waals surface area contributed by atoms with Crippen molar-refractivity contribution < 1.29 is 17.6 Å². The van der Waals surface area contributed by atoms with Crippen molar-refractivity contribution in [1.29, 1.82) is 0 Å². The second-order valence-electron chi connectivity index (χ2n) is 7.71. The molecule has 2 saturated heterocycles. The molecule has 1 aromatic rings. The number of fused-ring (bicyclic) bond motifs is 1. The van der Waals surface area contributed by atoms with E-state index in [0.717, 1.165) is 31.8 Å². The zero-order chi connectivity index (χ0) is 18.8. The summed E-state index contributed by atoms with van der Waals surface area (Å²) < 4.78 is 59.0. The van der Waals surface area contributed by atoms with Crippen LogP contribution < -0.4 is 9.62 Å². The molecule has 1 N–H and O–H groups in total. The molecule has 4 nitrogen and oxygen atoms in total. The van der Waals surface area contributed by atoms with Gasteiger partial charge in [-0.1, -0.05) is 0 Å². The number of benzene rings is 1. The predicted molar refractivity (Wildman–Crippen MR) is 97.0 cm³/mol. The van der Waals surface area contributed by atoms with E-state index in [9.17, 15) is 17.6 Å². The predicted octanol–water partition coefficient (Wildman–Crippen LogP) is 4.09. The lowest BCUT2D eigenvalue weighted by molar-refractivity contribution is -0.155. The number of amidine groups is 1. The molecular formula is C18H20F4N4S. The van der Waals surface area contributed by atoms with Gasteiger partial charge in [0.1, 0.15) is 23.4 Å². The summed E-state index contributed by atoms with van der Waals surface area (Å²) in [5, 5.41) is 0. The number of piperidine rings is 1. The van der Waals surface area contributed by atoms with Gasteiger partial charge in [0, 0.05) is 31.6 Å². The lowest BCUT2D eigenvalue weighted by atomic mass is 9.95. The summed E-state index contributed by atoms with van der Waals surface area (Å²) in [6, 6.07) is 0.908. The monoisotopic (exact) mass is 400 g/mol. The minimum atomic E-state index is -4.36. The molecule has 4 aliphatic rings. The van der Waals surface area contributed by atoms with Crippen LogP contribution in [-0.4, -0.2) is 48.6 Å². The van der Waals surface area contributed by atoms with Gasteiger partial charge in [-0.05, 0) is 49.8 Å². The molecule has 9 heteroatoms. The van der Waals surface area contributed by atoms with Crippen LogP contribution >= 0.6 is 11.9 Å². The highest BCUT2D eigenvalue weighted by atomic mass is 32.2. The maximum Gasteiger partial charge on any atom is 0.408 e. The van der Waals surface area contributed by atoms with Crippen molar-refractivity contribution in [2.24, 2.45) is 10.9 Å². The topological polar surface area (TPSA) is 30.6 Å². The van der Waals surface area contributed by atoms with Crippen molar-refractivity contribution in [3.05, 3.63) is 17.9 Å². The third-order valence-corrected chi connectivity index (χ3v) is 6.58. The van der Waals surface area contributed by atoms with Crippen LogP contribution in [0.2, 0.25) is 0 Å². The van der Waals surface area contributed by atoms with Crippen molar-refractivity contribution in [2.45, 2.75) is 48.8 Å². The van der Waals surface area contributed by atoms with Crippen LogP contribution in [0.15, 0.2) is 22.0 Å². The standard InChI is InChI=1S/C18H20F4N4S/c19-11-7-13(16-14(8-11)27-24-17(23-16)10-1-2-10)26-4-3-12(25-5-6-25)9-15(26)18(20,21)22/h7-8,10,12,15H,1-6,9H2,(H,23,24). The number of anilines is 1. The number of halogens is 4. The first-order valence-electron chi connectivity index (χ1n) is 9.32. The van der Waals surface area contributed by atoms with Gasteiger partial charge in [-0.25, -0.2) is 9.38 Å². The average Bonchev–Trinajstić information content (AvgIpc) is 3.52. The summed E-state index contributed by atoms with van der Waals surface area (Å²) >= 11 is 1.24. The van der Waals surface area contributed by atoms with E-state index in [4.69, 9.17) is 0 Å². The number of hydrogen-bond acceptors (Lipinski definition) is 5. The van der Waals surface area contributed by atoms with E-state index < -0.39 is 18.0 Å². The van der Waals surface area contributed by atoms with Gasteiger partial charge in [0.05, 0.1) is 10.6 Å². The number of nitrogens with one attached hydrogen (secondary N) is 1. The Morgan fingerprint density at radius 3 is 2.56 bits per heavy atom. The number of aliphatic imine (C=N–C) groups is 1. The summed E-state index contributed by atoms with van der Waals surface area (Å²) in [4.78, 5) is 8.57. The fourth-order valence-electron chi connectivity index (χ4n) is 4.05. The normalized spacial score (nSPS) is 28.4. The molecule has 3 fully saturated rings. The van der Waals surface area contributed by atoms with E-state index in [-0.39, 0.29) is 24.7 Å². The molecule has 3 heterocycles. The molecule has 146 valence electrons. The Labute approximate surface area is 159 Å². The smallest absolute Gasteiger partial charge is 0.358 e. The van der Waals surface area contributed by atoms with Crippen LogP contribution in [0, 0.1) is 11.7 Å². The lowest BCUT2D eigenvalue weighted by Crippen LogP contribution is -2.53. The molecule has 1 saturated carbocycles. The molecule has 0 radical (unpaired) electrons. The SMILES string of the molecule is Fc1cc2c(c(N3CCC(N4CC4)CC3C(F)(F)F)c1)N=C(C1CC1)NS2. The second kappa shape index (κ2) is 6.27. The van der Waals surface area contributed by atoms with Gasteiger partial charge in [-0.3, -0.25) is 4.90 Å². The molecule has 5 rings (SSSR count). The molecule has 1 aromatic carbocycles. The Kier molecular flexibility index (Phi) is 4.09. The lowest BCUT2D eigenvalue weighted by Gasteiger charge is -2.42. The van der Waals surface area contributed by atoms with Crippen molar-refractivity contribution in [3.63, 3.8) is 0 Å². The highest BCUT2D eigenvalue weighted by Gasteiger charge is 2.49. The molecule has 1 aliphatic carbocycles. The minimum absolute atomic E-state index is 0.0272. The van der Waals surface area contributed by atoms with E-state index in [1.807, 2.05) is 0 Å². The summed E-state index contributed by atoms with van der Waals surface area (Å²) in [6.07, 6.45) is -1.62. The molecule has 2 unspecified atom stereocenters. The van der Waals surface area contributed by atoms with Gasteiger partial charge in [0.25, 0.3) is 0 Å². The first kappa shape index (κ1) is 17.6. The van der Waals surface area contributed by atoms with Crippen molar-refractivity contribution >= 4 is 29.2 Å². The quantitative estimate of drug-likeness (QED) is 0.470. The third kappa shape index (κ3) is 3.40. The molecule has 27 heavy (non-hydrogen) atoms. The van der Waals surface area contributed by atoms with Crippen molar-refractivity contribution in [2.75, 3.05) is 24.5 Å². The van der Waals surface area contributed by atoms with Crippen LogP contribution in [0.1, 0.15) is 25.7 Å². The fourth-order valence-corrected chi connectivity index (χ4v) is 4.90. The van der Waals surface area contributed by atoms with Crippen molar-refractivity contribution in [1.82, 2.24) is 9.62 Å². The molecule has 0 aromatic heterocycles. The first-order chi connectivity index (χ1) is 12.9. The maximum atomic E-state index is 14.2. The average molecular weight is 400 g/mol.